The van der Waals surface area contributed by atoms with Crippen LogP contribution in [-0.4, -0.2) is 105 Å². The van der Waals surface area contributed by atoms with Crippen LogP contribution in [0.5, 0.6) is 11.5 Å². The Labute approximate surface area is 238 Å². The number of likely N-dealkylation sites (N-methyl/N-ethyl adjacent to an activating group) is 1. The van der Waals surface area contributed by atoms with Gasteiger partial charge in [-0.3, -0.25) is 4.57 Å². The maximum atomic E-state index is 10.6. The highest BCUT2D eigenvalue weighted by molar-refractivity contribution is 5.78. The number of aliphatic hydroxyl groups excluding tert-OH is 4. The molecule has 11 nitrogen and oxygen atoms in total. The lowest BCUT2D eigenvalue weighted by Gasteiger charge is -2.28. The lowest BCUT2D eigenvalue weighted by atomic mass is 10.1. The molecule has 0 spiro atoms. The minimum absolute atomic E-state index is 0. The molecule has 4 rings (SSSR count). The number of aromatic nitrogens is 2. The number of quaternary nitrogens is 1. The minimum Gasteiger partial charge on any atom is -1.00 e. The number of benzene rings is 2. The van der Waals surface area contributed by atoms with Gasteiger partial charge in [-0.15, -0.1) is 0 Å². The summed E-state index contributed by atoms with van der Waals surface area (Å²) in [5.41, 5.74) is 2.22. The maximum Gasteiger partial charge on any atom is 0.206 e. The van der Waals surface area contributed by atoms with E-state index in [0.717, 1.165) is 18.5 Å². The lowest BCUT2D eigenvalue weighted by molar-refractivity contribution is -0.890. The first kappa shape index (κ1) is 30.3. The number of phenols is 1. The number of phenolic OH excluding ortho intramolecular Hbond substituents is 1. The first-order valence-corrected chi connectivity index (χ1v) is 12.4. The Kier molecular flexibility index (Phi) is 10.6. The van der Waals surface area contributed by atoms with Gasteiger partial charge in [0.15, 0.2) is 17.7 Å². The summed E-state index contributed by atoms with van der Waals surface area (Å²) in [6, 6.07) is 12.5. The van der Waals surface area contributed by atoms with Gasteiger partial charge in [0.1, 0.15) is 24.9 Å². The van der Waals surface area contributed by atoms with Crippen molar-refractivity contribution in [3.63, 3.8) is 0 Å². The van der Waals surface area contributed by atoms with E-state index < -0.39 is 31.1 Å². The second kappa shape index (κ2) is 13.2. The summed E-state index contributed by atoms with van der Waals surface area (Å²) in [5.74, 6) is 0.853. The number of rotatable bonds is 12. The predicted octanol–water partition coefficient (Wildman–Crippen LogP) is -2.19. The summed E-state index contributed by atoms with van der Waals surface area (Å²) in [6.45, 7) is 1.98. The molecule has 1 fully saturated rings. The first-order valence-electron chi connectivity index (χ1n) is 12.4. The van der Waals surface area contributed by atoms with Gasteiger partial charge < -0.3 is 68.8 Å². The van der Waals surface area contributed by atoms with E-state index in [2.05, 4.69) is 10.3 Å². The third kappa shape index (κ3) is 6.86. The second-order valence-corrected chi connectivity index (χ2v) is 9.99. The topological polar surface area (TPSA) is 149 Å². The van der Waals surface area contributed by atoms with E-state index >= 15 is 0 Å². The Morgan fingerprint density at radius 1 is 1.08 bits per heavy atom. The lowest BCUT2D eigenvalue weighted by Crippen LogP contribution is -3.00. The van der Waals surface area contributed by atoms with Crippen molar-refractivity contribution in [2.45, 2.75) is 37.5 Å². The van der Waals surface area contributed by atoms with E-state index in [-0.39, 0.29) is 36.3 Å². The van der Waals surface area contributed by atoms with Crippen LogP contribution in [0.2, 0.25) is 0 Å². The number of anilines is 1. The van der Waals surface area contributed by atoms with Crippen molar-refractivity contribution in [2.75, 3.05) is 52.3 Å². The van der Waals surface area contributed by atoms with Gasteiger partial charge in [0.25, 0.3) is 0 Å². The van der Waals surface area contributed by atoms with E-state index in [1.807, 2.05) is 38.4 Å². The molecule has 38 heavy (non-hydrogen) atoms. The highest BCUT2D eigenvalue weighted by Gasteiger charge is 2.44. The van der Waals surface area contributed by atoms with Crippen LogP contribution in [0.25, 0.3) is 11.0 Å². The fourth-order valence-corrected chi connectivity index (χ4v) is 4.54. The average molecular weight is 645 g/mol. The number of para-hydroxylation sites is 2. The molecule has 0 radical (unpaired) electrons. The number of aliphatic hydroxyl groups is 4. The van der Waals surface area contributed by atoms with Crippen molar-refractivity contribution >= 4 is 17.0 Å². The van der Waals surface area contributed by atoms with Crippen molar-refractivity contribution in [1.29, 1.82) is 0 Å². The molecule has 1 aliphatic heterocycles. The monoisotopic (exact) mass is 644 g/mol. The summed E-state index contributed by atoms with van der Waals surface area (Å²) in [7, 11) is 4.10. The van der Waals surface area contributed by atoms with Gasteiger partial charge in [0, 0.05) is 13.0 Å². The SMILES string of the molecule is C[N+](C)(CCO)CCCOc1cc(CNc2nc3ccccc3n2[C@@H]2O[C@H](CO)[C@@H](O)[C@H]2O)ccc1O.[I-]. The zero-order valence-corrected chi connectivity index (χ0v) is 23.7. The molecular weight excluding hydrogens is 607 g/mol. The Morgan fingerprint density at radius 3 is 2.55 bits per heavy atom. The number of hydrogen-bond donors (Lipinski definition) is 6. The number of fused-ring (bicyclic) bond motifs is 1. The molecule has 3 aromatic rings. The molecule has 1 aromatic heterocycles. The number of imidazole rings is 1. The molecule has 6 N–H and O–H groups in total. The summed E-state index contributed by atoms with van der Waals surface area (Å²) < 4.78 is 14.0. The van der Waals surface area contributed by atoms with E-state index in [0.29, 0.717) is 46.9 Å². The summed E-state index contributed by atoms with van der Waals surface area (Å²) in [4.78, 5) is 4.64. The Balaban J connectivity index is 0.00000400. The van der Waals surface area contributed by atoms with Crippen molar-refractivity contribution < 1.29 is 63.5 Å². The van der Waals surface area contributed by atoms with E-state index in [1.54, 1.807) is 22.8 Å². The van der Waals surface area contributed by atoms with Crippen molar-refractivity contribution in [3.8, 4) is 11.5 Å². The molecule has 0 unspecified atom stereocenters. The number of nitrogens with zero attached hydrogens (tertiary/aromatic N) is 3. The smallest absolute Gasteiger partial charge is 0.206 e. The van der Waals surface area contributed by atoms with Crippen LogP contribution in [0, 0.1) is 0 Å². The van der Waals surface area contributed by atoms with Gasteiger partial charge >= 0.3 is 0 Å². The molecule has 0 saturated carbocycles. The summed E-state index contributed by atoms with van der Waals surface area (Å²) >= 11 is 0. The number of aromatic hydroxyl groups is 1. The number of halogens is 1. The molecule has 210 valence electrons. The first-order chi connectivity index (χ1) is 17.7. The van der Waals surface area contributed by atoms with Crippen LogP contribution >= 0.6 is 0 Å². The van der Waals surface area contributed by atoms with Crippen molar-refractivity contribution in [1.82, 2.24) is 9.55 Å². The van der Waals surface area contributed by atoms with E-state index in [4.69, 9.17) is 9.47 Å². The minimum atomic E-state index is -1.25. The van der Waals surface area contributed by atoms with Gasteiger partial charge in [0.05, 0.1) is 51.5 Å². The Morgan fingerprint density at radius 2 is 1.84 bits per heavy atom. The van der Waals surface area contributed by atoms with Crippen LogP contribution in [0.15, 0.2) is 42.5 Å². The molecule has 2 aromatic carbocycles. The van der Waals surface area contributed by atoms with Crippen LogP contribution in [-0.2, 0) is 11.3 Å². The fourth-order valence-electron chi connectivity index (χ4n) is 4.54. The van der Waals surface area contributed by atoms with E-state index in [1.165, 1.54) is 0 Å². The van der Waals surface area contributed by atoms with Crippen LogP contribution in [0.1, 0.15) is 18.2 Å². The summed E-state index contributed by atoms with van der Waals surface area (Å²) in [6.07, 6.45) is -3.55. The van der Waals surface area contributed by atoms with Crippen LogP contribution < -0.4 is 34.0 Å². The highest BCUT2D eigenvalue weighted by atomic mass is 127. The Hall–Kier alpha value is -2.20. The third-order valence-electron chi connectivity index (χ3n) is 6.71. The van der Waals surface area contributed by atoms with Crippen LogP contribution in [0.4, 0.5) is 5.95 Å². The fraction of sp³-hybridized carbons (Fsp3) is 0.500. The van der Waals surface area contributed by atoms with E-state index in [9.17, 15) is 25.5 Å². The van der Waals surface area contributed by atoms with Gasteiger partial charge in [-0.05, 0) is 29.8 Å². The normalized spacial score (nSPS) is 21.4. The van der Waals surface area contributed by atoms with Crippen molar-refractivity contribution in [3.05, 3.63) is 48.0 Å². The van der Waals surface area contributed by atoms with Gasteiger partial charge in [-0.1, -0.05) is 18.2 Å². The summed E-state index contributed by atoms with van der Waals surface area (Å²) in [5, 5.41) is 53.1. The molecule has 12 heteroatoms. The molecular formula is C26H37IN4O7. The molecule has 1 aliphatic rings. The molecule has 2 heterocycles. The molecule has 0 aliphatic carbocycles. The molecule has 1 saturated heterocycles. The maximum absolute atomic E-state index is 10.6. The molecule has 0 amide bonds. The average Bonchev–Trinajstić information content (AvgIpc) is 3.38. The largest absolute Gasteiger partial charge is 1.00 e. The highest BCUT2D eigenvalue weighted by Crippen LogP contribution is 2.35. The van der Waals surface area contributed by atoms with Crippen LogP contribution in [0.3, 0.4) is 0 Å². The number of hydrogen-bond acceptors (Lipinski definition) is 9. The molecule has 0 bridgehead atoms. The standard InChI is InChI=1S/C26H36N4O7.HI/c1-30(2,11-12-31)10-5-13-36-21-14-17(8-9-20(21)33)15-27-26-28-18-6-3-4-7-19(18)29(26)25-24(35)23(34)22(16-32)37-25;/h3-4,6-9,14,22-25,31-32,34-35H,5,10-13,15-16H2,1-2H3,(H-,27,28,33);1H/t22-,23-,24-,25-;/m1./s1. The third-order valence-corrected chi connectivity index (χ3v) is 6.71. The second-order valence-electron chi connectivity index (χ2n) is 9.99. The Bertz CT molecular complexity index is 1190. The van der Waals surface area contributed by atoms with Gasteiger partial charge in [0.2, 0.25) is 5.95 Å². The van der Waals surface area contributed by atoms with Gasteiger partial charge in [-0.2, -0.15) is 0 Å². The zero-order valence-electron chi connectivity index (χ0n) is 21.6. The van der Waals surface area contributed by atoms with Crippen molar-refractivity contribution in [2.24, 2.45) is 0 Å². The van der Waals surface area contributed by atoms with Gasteiger partial charge in [-0.25, -0.2) is 4.98 Å². The predicted molar refractivity (Wildman–Crippen MR) is 137 cm³/mol. The number of ether oxygens (including phenoxy) is 2. The quantitative estimate of drug-likeness (QED) is 0.0735. The molecule has 4 atom stereocenters. The number of nitrogens with one attached hydrogen (secondary N) is 1. The zero-order chi connectivity index (χ0) is 26.6.